The van der Waals surface area contributed by atoms with Gasteiger partial charge in [0.15, 0.2) is 0 Å². The van der Waals surface area contributed by atoms with Crippen molar-refractivity contribution in [2.45, 2.75) is 64.9 Å². The molecule has 0 heterocycles. The summed E-state index contributed by atoms with van der Waals surface area (Å²) < 4.78 is 0. The Balaban J connectivity index is 2.71. The number of carboxylic acids is 1. The molecule has 0 spiro atoms. The van der Waals surface area contributed by atoms with E-state index in [1.54, 1.807) is 0 Å². The van der Waals surface area contributed by atoms with Crippen LogP contribution in [0.1, 0.15) is 59.3 Å². The van der Waals surface area contributed by atoms with E-state index in [0.29, 0.717) is 6.42 Å². The van der Waals surface area contributed by atoms with E-state index in [1.165, 1.54) is 0 Å². The molecule has 0 radical (unpaired) electrons. The van der Waals surface area contributed by atoms with E-state index in [4.69, 9.17) is 0 Å². The molecule has 0 aliphatic heterocycles. The summed E-state index contributed by atoms with van der Waals surface area (Å²) in [5.74, 6) is -1.25. The second-order valence-electron chi connectivity index (χ2n) is 6.25. The Labute approximate surface area is 97.9 Å². The zero-order valence-electron chi connectivity index (χ0n) is 10.6. The maximum atomic E-state index is 11.3. The Hall–Kier alpha value is -0.570. The summed E-state index contributed by atoms with van der Waals surface area (Å²) in [6, 6.07) is 0. The molecule has 1 atom stereocenters. The second kappa shape index (κ2) is 4.74. The minimum absolute atomic E-state index is 0.293. The topological polar surface area (TPSA) is 57.5 Å². The predicted molar refractivity (Wildman–Crippen MR) is 63.2 cm³/mol. The summed E-state index contributed by atoms with van der Waals surface area (Å²) in [4.78, 5) is 11.3. The van der Waals surface area contributed by atoms with Crippen LogP contribution >= 0.6 is 0 Å². The van der Waals surface area contributed by atoms with Crippen molar-refractivity contribution in [3.05, 3.63) is 0 Å². The van der Waals surface area contributed by atoms with Crippen molar-refractivity contribution in [2.75, 3.05) is 0 Å². The highest BCUT2D eigenvalue weighted by molar-refractivity contribution is 5.71. The summed E-state index contributed by atoms with van der Waals surface area (Å²) >= 11 is 0. The summed E-state index contributed by atoms with van der Waals surface area (Å²) in [5, 5.41) is 19.6. The lowest BCUT2D eigenvalue weighted by atomic mass is 9.71. The molecule has 1 unspecified atom stereocenters. The van der Waals surface area contributed by atoms with Crippen LogP contribution in [0.2, 0.25) is 0 Å². The van der Waals surface area contributed by atoms with E-state index in [0.717, 1.165) is 32.1 Å². The fraction of sp³-hybridized carbons (Fsp3) is 0.923. The number of aliphatic hydroxyl groups is 1. The first-order valence-electron chi connectivity index (χ1n) is 6.20. The third-order valence-corrected chi connectivity index (χ3v) is 3.71. The smallest absolute Gasteiger partial charge is 0.307 e. The zero-order chi connectivity index (χ0) is 12.4. The van der Waals surface area contributed by atoms with Crippen molar-refractivity contribution in [1.29, 1.82) is 0 Å². The summed E-state index contributed by atoms with van der Waals surface area (Å²) in [7, 11) is 0. The van der Waals surface area contributed by atoms with Gasteiger partial charge < -0.3 is 10.2 Å². The van der Waals surface area contributed by atoms with Gasteiger partial charge in [-0.3, -0.25) is 4.79 Å². The number of hydrogen-bond acceptors (Lipinski definition) is 2. The SMILES string of the molecule is CC(C)(C)C(CC1(O)CCCCC1)C(=O)O. The minimum Gasteiger partial charge on any atom is -0.481 e. The zero-order valence-corrected chi connectivity index (χ0v) is 10.6. The van der Waals surface area contributed by atoms with Crippen molar-refractivity contribution in [3.63, 3.8) is 0 Å². The molecule has 94 valence electrons. The average Bonchev–Trinajstić information content (AvgIpc) is 2.13. The van der Waals surface area contributed by atoms with Crippen LogP contribution in [0.3, 0.4) is 0 Å². The molecule has 1 saturated carbocycles. The number of carbonyl (C=O) groups is 1. The van der Waals surface area contributed by atoms with E-state index in [9.17, 15) is 15.0 Å². The lowest BCUT2D eigenvalue weighted by molar-refractivity contribution is -0.150. The lowest BCUT2D eigenvalue weighted by Gasteiger charge is -2.38. The van der Waals surface area contributed by atoms with Crippen LogP contribution in [-0.4, -0.2) is 21.8 Å². The monoisotopic (exact) mass is 228 g/mol. The maximum Gasteiger partial charge on any atom is 0.307 e. The molecule has 1 fully saturated rings. The molecule has 0 aromatic rings. The molecule has 2 N–H and O–H groups in total. The molecule has 0 amide bonds. The van der Waals surface area contributed by atoms with E-state index in [-0.39, 0.29) is 5.41 Å². The van der Waals surface area contributed by atoms with Crippen LogP contribution in [-0.2, 0) is 4.79 Å². The molecule has 1 aliphatic carbocycles. The molecule has 1 rings (SSSR count). The van der Waals surface area contributed by atoms with Crippen LogP contribution in [0.4, 0.5) is 0 Å². The molecule has 1 aliphatic rings. The molecule has 3 nitrogen and oxygen atoms in total. The molecule has 0 bridgehead atoms. The van der Waals surface area contributed by atoms with E-state index < -0.39 is 17.5 Å². The van der Waals surface area contributed by atoms with Crippen molar-refractivity contribution < 1.29 is 15.0 Å². The lowest BCUT2D eigenvalue weighted by Crippen LogP contribution is -2.40. The highest BCUT2D eigenvalue weighted by Crippen LogP contribution is 2.39. The third kappa shape index (κ3) is 3.48. The Morgan fingerprint density at radius 3 is 2.12 bits per heavy atom. The second-order valence-corrected chi connectivity index (χ2v) is 6.25. The summed E-state index contributed by atoms with van der Waals surface area (Å²) in [6.07, 6.45) is 5.11. The van der Waals surface area contributed by atoms with Gasteiger partial charge >= 0.3 is 5.97 Å². The molecular weight excluding hydrogens is 204 g/mol. The van der Waals surface area contributed by atoms with Gasteiger partial charge in [-0.2, -0.15) is 0 Å². The molecule has 0 aromatic heterocycles. The average molecular weight is 228 g/mol. The van der Waals surface area contributed by atoms with Crippen molar-refractivity contribution in [3.8, 4) is 0 Å². The third-order valence-electron chi connectivity index (χ3n) is 3.71. The van der Waals surface area contributed by atoms with E-state index in [2.05, 4.69) is 0 Å². The summed E-state index contributed by atoms with van der Waals surface area (Å²) in [5.41, 5.74) is -1.03. The highest BCUT2D eigenvalue weighted by Gasteiger charge is 2.39. The number of rotatable bonds is 3. The van der Waals surface area contributed by atoms with Gasteiger partial charge in [0.2, 0.25) is 0 Å². The Morgan fingerprint density at radius 1 is 1.25 bits per heavy atom. The van der Waals surface area contributed by atoms with Gasteiger partial charge in [0.25, 0.3) is 0 Å². The van der Waals surface area contributed by atoms with Crippen LogP contribution in [0.5, 0.6) is 0 Å². The molecule has 16 heavy (non-hydrogen) atoms. The highest BCUT2D eigenvalue weighted by atomic mass is 16.4. The fourth-order valence-electron chi connectivity index (χ4n) is 2.56. The summed E-state index contributed by atoms with van der Waals surface area (Å²) in [6.45, 7) is 5.79. The van der Waals surface area contributed by atoms with Crippen molar-refractivity contribution in [2.24, 2.45) is 11.3 Å². The van der Waals surface area contributed by atoms with Gasteiger partial charge in [-0.1, -0.05) is 40.0 Å². The van der Waals surface area contributed by atoms with Crippen LogP contribution in [0, 0.1) is 11.3 Å². The van der Waals surface area contributed by atoms with Crippen LogP contribution < -0.4 is 0 Å². The Bertz CT molecular complexity index is 246. The van der Waals surface area contributed by atoms with Crippen LogP contribution in [0.15, 0.2) is 0 Å². The number of carboxylic acid groups (broad SMARTS) is 1. The molecule has 0 saturated heterocycles. The molecule has 3 heteroatoms. The quantitative estimate of drug-likeness (QED) is 0.781. The van der Waals surface area contributed by atoms with Gasteiger partial charge in [-0.25, -0.2) is 0 Å². The minimum atomic E-state index is -0.786. The first-order valence-corrected chi connectivity index (χ1v) is 6.20. The van der Waals surface area contributed by atoms with Crippen LogP contribution in [0.25, 0.3) is 0 Å². The molecular formula is C13H24O3. The van der Waals surface area contributed by atoms with Crippen molar-refractivity contribution >= 4 is 5.97 Å². The molecule has 0 aromatic carbocycles. The number of hydrogen-bond donors (Lipinski definition) is 2. The van der Waals surface area contributed by atoms with Gasteiger partial charge in [0.1, 0.15) is 0 Å². The van der Waals surface area contributed by atoms with Crippen molar-refractivity contribution in [1.82, 2.24) is 0 Å². The largest absolute Gasteiger partial charge is 0.481 e. The van der Waals surface area contributed by atoms with E-state index in [1.807, 2.05) is 20.8 Å². The van der Waals surface area contributed by atoms with Gasteiger partial charge in [-0.05, 0) is 24.7 Å². The first-order chi connectivity index (χ1) is 7.25. The normalized spacial score (nSPS) is 22.8. The predicted octanol–water partition coefficient (Wildman–Crippen LogP) is 2.82. The standard InChI is InChI=1S/C13H24O3/c1-12(2,3)10(11(14)15)9-13(16)7-5-4-6-8-13/h10,16H,4-9H2,1-3H3,(H,14,15). The first kappa shape index (κ1) is 13.5. The Kier molecular flexibility index (Phi) is 4.00. The number of aliphatic carboxylic acids is 1. The van der Waals surface area contributed by atoms with Gasteiger partial charge in [0.05, 0.1) is 11.5 Å². The van der Waals surface area contributed by atoms with Gasteiger partial charge in [0, 0.05) is 0 Å². The maximum absolute atomic E-state index is 11.3. The fourth-order valence-corrected chi connectivity index (χ4v) is 2.56. The van der Waals surface area contributed by atoms with Gasteiger partial charge in [-0.15, -0.1) is 0 Å². The van der Waals surface area contributed by atoms with E-state index >= 15 is 0 Å². The Morgan fingerprint density at radius 2 is 1.75 bits per heavy atom.